The number of hydrogen-bond acceptors (Lipinski definition) is 2. The smallest absolute Gasteiger partial charge is 0.0578 e. The summed E-state index contributed by atoms with van der Waals surface area (Å²) in [5.74, 6) is 0.554. The van der Waals surface area contributed by atoms with Crippen LogP contribution in [0.1, 0.15) is 11.6 Å². The van der Waals surface area contributed by atoms with Gasteiger partial charge in [0.05, 0.1) is 15.7 Å². The molecule has 0 saturated heterocycles. The first-order chi connectivity index (χ1) is 5.70. The van der Waals surface area contributed by atoms with E-state index in [4.69, 9.17) is 5.73 Å². The zero-order valence-electron chi connectivity index (χ0n) is 6.29. The third kappa shape index (κ3) is 1.14. The molecule has 1 heterocycles. The van der Waals surface area contributed by atoms with Gasteiger partial charge in [-0.25, -0.2) is 0 Å². The van der Waals surface area contributed by atoms with Crippen molar-refractivity contribution in [3.63, 3.8) is 0 Å². The molecule has 1 aromatic rings. The van der Waals surface area contributed by atoms with E-state index < -0.39 is 10.8 Å². The highest BCUT2D eigenvalue weighted by atomic mass is 79.9. The van der Waals surface area contributed by atoms with E-state index in [-0.39, 0.29) is 6.04 Å². The summed E-state index contributed by atoms with van der Waals surface area (Å²) in [6.07, 6.45) is 0. The summed E-state index contributed by atoms with van der Waals surface area (Å²) in [6.45, 7) is 0. The van der Waals surface area contributed by atoms with E-state index in [1.807, 2.05) is 18.2 Å². The van der Waals surface area contributed by atoms with Crippen molar-refractivity contribution in [2.45, 2.75) is 10.9 Å². The van der Waals surface area contributed by atoms with Crippen molar-refractivity contribution >= 4 is 26.7 Å². The molecular formula is C8H8BrNOS. The minimum atomic E-state index is -0.911. The molecule has 0 spiro atoms. The van der Waals surface area contributed by atoms with Gasteiger partial charge in [-0.15, -0.1) is 0 Å². The highest BCUT2D eigenvalue weighted by Crippen LogP contribution is 2.34. The molecule has 2 rings (SSSR count). The summed E-state index contributed by atoms with van der Waals surface area (Å²) in [6, 6.07) is 5.70. The lowest BCUT2D eigenvalue weighted by atomic mass is 10.1. The van der Waals surface area contributed by atoms with Crippen LogP contribution in [-0.4, -0.2) is 9.96 Å². The molecule has 1 aliphatic heterocycles. The zero-order valence-corrected chi connectivity index (χ0v) is 8.69. The Bertz CT molecular complexity index is 353. The maximum atomic E-state index is 11.5. The van der Waals surface area contributed by atoms with Crippen molar-refractivity contribution in [3.05, 3.63) is 28.2 Å². The third-order valence-electron chi connectivity index (χ3n) is 1.96. The van der Waals surface area contributed by atoms with Crippen molar-refractivity contribution in [1.29, 1.82) is 0 Å². The highest BCUT2D eigenvalue weighted by molar-refractivity contribution is 9.10. The highest BCUT2D eigenvalue weighted by Gasteiger charge is 2.26. The molecule has 0 fully saturated rings. The van der Waals surface area contributed by atoms with Crippen molar-refractivity contribution in [3.8, 4) is 0 Å². The van der Waals surface area contributed by atoms with Crippen molar-refractivity contribution in [1.82, 2.24) is 0 Å². The van der Waals surface area contributed by atoms with Crippen LogP contribution in [0.3, 0.4) is 0 Å². The Hall–Kier alpha value is -0.190. The number of nitrogens with two attached hydrogens (primary N) is 1. The quantitative estimate of drug-likeness (QED) is 0.755. The first-order valence-electron chi connectivity index (χ1n) is 3.62. The third-order valence-corrected chi connectivity index (χ3v) is 4.45. The van der Waals surface area contributed by atoms with Gasteiger partial charge < -0.3 is 5.73 Å². The minimum Gasteiger partial charge on any atom is -0.323 e. The predicted molar refractivity (Wildman–Crippen MR) is 52.3 cm³/mol. The summed E-state index contributed by atoms with van der Waals surface area (Å²) in [7, 11) is -0.911. The van der Waals surface area contributed by atoms with Crippen LogP contribution in [0.15, 0.2) is 27.6 Å². The van der Waals surface area contributed by atoms with E-state index in [2.05, 4.69) is 15.9 Å². The van der Waals surface area contributed by atoms with Gasteiger partial charge in [0.25, 0.3) is 0 Å². The van der Waals surface area contributed by atoms with Gasteiger partial charge in [-0.05, 0) is 27.6 Å². The van der Waals surface area contributed by atoms with Crippen LogP contribution in [0.5, 0.6) is 0 Å². The van der Waals surface area contributed by atoms with Gasteiger partial charge in [0, 0.05) is 16.3 Å². The predicted octanol–water partition coefficient (Wildman–Crippen LogP) is 1.57. The normalized spacial score (nSPS) is 27.2. The van der Waals surface area contributed by atoms with E-state index >= 15 is 0 Å². The van der Waals surface area contributed by atoms with E-state index in [9.17, 15) is 4.21 Å². The number of benzene rings is 1. The van der Waals surface area contributed by atoms with Crippen LogP contribution in [0.2, 0.25) is 0 Å². The van der Waals surface area contributed by atoms with Crippen LogP contribution >= 0.6 is 15.9 Å². The summed E-state index contributed by atoms with van der Waals surface area (Å²) in [5.41, 5.74) is 6.81. The molecular weight excluding hydrogens is 238 g/mol. The molecule has 2 N–H and O–H groups in total. The lowest BCUT2D eigenvalue weighted by Crippen LogP contribution is -2.09. The summed E-state index contributed by atoms with van der Waals surface area (Å²) in [5, 5.41) is 0. The second-order valence-corrected chi connectivity index (χ2v) is 5.06. The van der Waals surface area contributed by atoms with Crippen LogP contribution in [0, 0.1) is 0 Å². The molecule has 2 atom stereocenters. The second kappa shape index (κ2) is 2.94. The molecule has 0 amide bonds. The van der Waals surface area contributed by atoms with Gasteiger partial charge in [-0.1, -0.05) is 12.1 Å². The van der Waals surface area contributed by atoms with Gasteiger partial charge in [-0.2, -0.15) is 0 Å². The maximum Gasteiger partial charge on any atom is 0.0578 e. The van der Waals surface area contributed by atoms with Gasteiger partial charge in [0.2, 0.25) is 0 Å². The SMILES string of the molecule is NC1CS(=O)c2c(Br)cccc21. The lowest BCUT2D eigenvalue weighted by molar-refractivity contribution is 0.683. The Kier molecular flexibility index (Phi) is 2.06. The minimum absolute atomic E-state index is 0.0571. The average molecular weight is 246 g/mol. The fourth-order valence-electron chi connectivity index (χ4n) is 1.39. The molecule has 12 heavy (non-hydrogen) atoms. The van der Waals surface area contributed by atoms with E-state index in [1.54, 1.807) is 0 Å². The average Bonchev–Trinajstić information content (AvgIpc) is 2.29. The molecule has 1 aromatic carbocycles. The number of hydrogen-bond donors (Lipinski definition) is 1. The van der Waals surface area contributed by atoms with E-state index in [0.29, 0.717) is 5.75 Å². The van der Waals surface area contributed by atoms with Crippen molar-refractivity contribution < 1.29 is 4.21 Å². The first-order valence-corrected chi connectivity index (χ1v) is 5.73. The molecule has 64 valence electrons. The Morgan fingerprint density at radius 1 is 1.58 bits per heavy atom. The summed E-state index contributed by atoms with van der Waals surface area (Å²) in [4.78, 5) is 0.880. The monoisotopic (exact) mass is 245 g/mol. The Morgan fingerprint density at radius 2 is 2.33 bits per heavy atom. The lowest BCUT2D eigenvalue weighted by Gasteiger charge is -2.02. The number of fused-ring (bicyclic) bond motifs is 1. The van der Waals surface area contributed by atoms with Crippen LogP contribution < -0.4 is 5.73 Å². The fourth-order valence-corrected chi connectivity index (χ4v) is 3.76. The Balaban J connectivity index is 2.67. The summed E-state index contributed by atoms with van der Waals surface area (Å²) >= 11 is 3.37. The summed E-state index contributed by atoms with van der Waals surface area (Å²) < 4.78 is 12.4. The standard InChI is InChI=1S/C8H8BrNOS/c9-6-3-1-2-5-7(10)4-12(11)8(5)6/h1-3,7H,4,10H2. The molecule has 4 heteroatoms. The largest absolute Gasteiger partial charge is 0.323 e. The molecule has 2 nitrogen and oxygen atoms in total. The molecule has 0 bridgehead atoms. The van der Waals surface area contributed by atoms with Crippen LogP contribution in [0.4, 0.5) is 0 Å². The van der Waals surface area contributed by atoms with Crippen LogP contribution in [-0.2, 0) is 10.8 Å². The number of halogens is 1. The Morgan fingerprint density at radius 3 is 3.00 bits per heavy atom. The Labute approximate surface area is 81.7 Å². The zero-order chi connectivity index (χ0) is 8.72. The molecule has 0 aromatic heterocycles. The molecule has 0 saturated carbocycles. The molecule has 0 radical (unpaired) electrons. The topological polar surface area (TPSA) is 43.1 Å². The number of rotatable bonds is 0. The van der Waals surface area contributed by atoms with E-state index in [0.717, 1.165) is 14.9 Å². The fraction of sp³-hybridized carbons (Fsp3) is 0.250. The van der Waals surface area contributed by atoms with Crippen molar-refractivity contribution in [2.75, 3.05) is 5.75 Å². The van der Waals surface area contributed by atoms with Crippen LogP contribution in [0.25, 0.3) is 0 Å². The van der Waals surface area contributed by atoms with Gasteiger partial charge >= 0.3 is 0 Å². The first kappa shape index (κ1) is 8.41. The van der Waals surface area contributed by atoms with Gasteiger partial charge in [-0.3, -0.25) is 4.21 Å². The molecule has 1 aliphatic rings. The van der Waals surface area contributed by atoms with Gasteiger partial charge in [0.1, 0.15) is 0 Å². The maximum absolute atomic E-state index is 11.5. The molecule has 2 unspecified atom stereocenters. The molecule has 0 aliphatic carbocycles. The van der Waals surface area contributed by atoms with E-state index in [1.165, 1.54) is 0 Å². The second-order valence-electron chi connectivity index (χ2n) is 2.78. The van der Waals surface area contributed by atoms with Crippen molar-refractivity contribution in [2.24, 2.45) is 5.73 Å². The van der Waals surface area contributed by atoms with Gasteiger partial charge in [0.15, 0.2) is 0 Å².